The van der Waals surface area contributed by atoms with Crippen LogP contribution in [0.15, 0.2) is 42.8 Å². The van der Waals surface area contributed by atoms with Crippen LogP contribution < -0.4 is 9.47 Å². The van der Waals surface area contributed by atoms with Crippen molar-refractivity contribution in [1.82, 2.24) is 9.55 Å². The fraction of sp³-hybridized carbons (Fsp3) is 0.235. The van der Waals surface area contributed by atoms with E-state index >= 15 is 0 Å². The van der Waals surface area contributed by atoms with Gasteiger partial charge in [0.05, 0.1) is 0 Å². The van der Waals surface area contributed by atoms with E-state index in [4.69, 9.17) is 9.47 Å². The first-order valence-electron chi connectivity index (χ1n) is 7.44. The van der Waals surface area contributed by atoms with Crippen LogP contribution in [0, 0.1) is 17.0 Å². The third kappa shape index (κ3) is 3.01. The summed E-state index contributed by atoms with van der Waals surface area (Å²) < 4.78 is 12.8. The highest BCUT2D eigenvalue weighted by molar-refractivity contribution is 5.74. The van der Waals surface area contributed by atoms with Crippen molar-refractivity contribution in [3.63, 3.8) is 0 Å². The lowest BCUT2D eigenvalue weighted by Crippen LogP contribution is -2.12. The van der Waals surface area contributed by atoms with E-state index in [0.29, 0.717) is 29.6 Å². The maximum absolute atomic E-state index is 11.0. The third-order valence-corrected chi connectivity index (χ3v) is 3.80. The SMILES string of the molecule is C=C1C=C(C)c2ccc(OCCn3c([N+](=O)[O-])cnc3C)cc2O1. The van der Waals surface area contributed by atoms with Gasteiger partial charge in [0.15, 0.2) is 5.82 Å². The molecular formula is C17H17N3O4. The van der Waals surface area contributed by atoms with Crippen LogP contribution in [0.25, 0.3) is 5.57 Å². The van der Waals surface area contributed by atoms with Crippen LogP contribution in [0.4, 0.5) is 5.82 Å². The first-order chi connectivity index (χ1) is 11.5. The van der Waals surface area contributed by atoms with E-state index in [1.165, 1.54) is 10.8 Å². The van der Waals surface area contributed by atoms with Crippen molar-refractivity contribution in [3.05, 3.63) is 64.3 Å². The molecule has 124 valence electrons. The second-order valence-corrected chi connectivity index (χ2v) is 5.47. The molecule has 24 heavy (non-hydrogen) atoms. The van der Waals surface area contributed by atoms with Gasteiger partial charge in [-0.1, -0.05) is 6.58 Å². The van der Waals surface area contributed by atoms with Crippen LogP contribution in [0.5, 0.6) is 11.5 Å². The summed E-state index contributed by atoms with van der Waals surface area (Å²) in [7, 11) is 0. The molecular weight excluding hydrogens is 310 g/mol. The number of nitro groups is 1. The van der Waals surface area contributed by atoms with Crippen LogP contribution >= 0.6 is 0 Å². The summed E-state index contributed by atoms with van der Waals surface area (Å²) in [5.41, 5.74) is 2.08. The number of allylic oxidation sites excluding steroid dienone is 2. The molecule has 1 aromatic heterocycles. The van der Waals surface area contributed by atoms with Crippen molar-refractivity contribution in [2.24, 2.45) is 0 Å². The molecule has 1 aromatic carbocycles. The van der Waals surface area contributed by atoms with Gasteiger partial charge >= 0.3 is 5.82 Å². The topological polar surface area (TPSA) is 79.4 Å². The van der Waals surface area contributed by atoms with Gasteiger partial charge in [0.2, 0.25) is 0 Å². The molecule has 0 amide bonds. The lowest BCUT2D eigenvalue weighted by atomic mass is 10.0. The van der Waals surface area contributed by atoms with Crippen LogP contribution in [0.1, 0.15) is 18.3 Å². The standard InChI is InChI=1S/C17H17N3O4/c1-11-8-12(2)24-16-9-14(4-5-15(11)16)23-7-6-19-13(3)18-10-17(19)20(21)22/h4-5,8-10H,2,6-7H2,1,3H3. The Balaban J connectivity index is 1.70. The highest BCUT2D eigenvalue weighted by atomic mass is 16.6. The van der Waals surface area contributed by atoms with E-state index in [2.05, 4.69) is 11.6 Å². The van der Waals surface area contributed by atoms with Crippen molar-refractivity contribution in [1.29, 1.82) is 0 Å². The van der Waals surface area contributed by atoms with Crippen molar-refractivity contribution < 1.29 is 14.4 Å². The summed E-state index contributed by atoms with van der Waals surface area (Å²) in [5, 5.41) is 11.0. The molecule has 2 aromatic rings. The van der Waals surface area contributed by atoms with Crippen LogP contribution in [0.3, 0.4) is 0 Å². The fourth-order valence-electron chi connectivity index (χ4n) is 2.63. The summed E-state index contributed by atoms with van der Waals surface area (Å²) >= 11 is 0. The number of nitrogens with zero attached hydrogens (tertiary/aromatic N) is 3. The monoisotopic (exact) mass is 327 g/mol. The zero-order valence-corrected chi connectivity index (χ0v) is 13.5. The Hall–Kier alpha value is -3.09. The quantitative estimate of drug-likeness (QED) is 0.620. The van der Waals surface area contributed by atoms with E-state index in [9.17, 15) is 10.1 Å². The maximum Gasteiger partial charge on any atom is 0.342 e. The van der Waals surface area contributed by atoms with Crippen molar-refractivity contribution in [2.45, 2.75) is 20.4 Å². The predicted octanol–water partition coefficient (Wildman–Crippen LogP) is 3.49. The summed E-state index contributed by atoms with van der Waals surface area (Å²) in [6, 6.07) is 5.57. The van der Waals surface area contributed by atoms with Gasteiger partial charge in [0, 0.05) is 18.6 Å². The van der Waals surface area contributed by atoms with Crippen LogP contribution in [-0.4, -0.2) is 21.1 Å². The molecule has 2 heterocycles. The Kier molecular flexibility index (Phi) is 4.07. The number of imidazole rings is 1. The van der Waals surface area contributed by atoms with E-state index in [-0.39, 0.29) is 12.4 Å². The summed E-state index contributed by atoms with van der Waals surface area (Å²) in [4.78, 5) is 14.5. The molecule has 7 heteroatoms. The second-order valence-electron chi connectivity index (χ2n) is 5.47. The Morgan fingerprint density at radius 2 is 2.21 bits per heavy atom. The molecule has 0 N–H and O–H groups in total. The largest absolute Gasteiger partial charge is 0.489 e. The molecule has 0 aliphatic carbocycles. The first-order valence-corrected chi connectivity index (χ1v) is 7.44. The molecule has 0 spiro atoms. The summed E-state index contributed by atoms with van der Waals surface area (Å²) in [5.74, 6) is 2.46. The minimum absolute atomic E-state index is 0.0399. The normalized spacial score (nSPS) is 13.1. The lowest BCUT2D eigenvalue weighted by Gasteiger charge is -2.18. The Bertz CT molecular complexity index is 852. The zero-order valence-electron chi connectivity index (χ0n) is 13.5. The molecule has 3 rings (SSSR count). The van der Waals surface area contributed by atoms with Crippen LogP contribution in [0.2, 0.25) is 0 Å². The average molecular weight is 327 g/mol. The van der Waals surface area contributed by atoms with Gasteiger partial charge in [-0.15, -0.1) is 0 Å². The first kappa shape index (κ1) is 15.8. The van der Waals surface area contributed by atoms with E-state index in [1.807, 2.05) is 25.1 Å². The van der Waals surface area contributed by atoms with Gasteiger partial charge in [0.1, 0.15) is 36.6 Å². The van der Waals surface area contributed by atoms with Gasteiger partial charge in [-0.25, -0.2) is 9.55 Å². The number of ether oxygens (including phenoxy) is 2. The predicted molar refractivity (Wildman–Crippen MR) is 89.0 cm³/mol. The number of aryl methyl sites for hydroxylation is 1. The average Bonchev–Trinajstić information content (AvgIpc) is 2.88. The van der Waals surface area contributed by atoms with Crippen molar-refractivity contribution in [3.8, 4) is 11.5 Å². The molecule has 1 aliphatic heterocycles. The molecule has 0 saturated heterocycles. The van der Waals surface area contributed by atoms with E-state index in [0.717, 1.165) is 11.1 Å². The smallest absolute Gasteiger partial charge is 0.342 e. The van der Waals surface area contributed by atoms with Crippen LogP contribution in [-0.2, 0) is 6.54 Å². The van der Waals surface area contributed by atoms with Gasteiger partial charge < -0.3 is 19.6 Å². The zero-order chi connectivity index (χ0) is 17.3. The second kappa shape index (κ2) is 6.19. The fourth-order valence-corrected chi connectivity index (χ4v) is 2.63. The van der Waals surface area contributed by atoms with Gasteiger partial charge in [-0.05, 0) is 35.6 Å². The molecule has 0 fully saturated rings. The van der Waals surface area contributed by atoms with Crippen molar-refractivity contribution >= 4 is 11.4 Å². The number of rotatable bonds is 5. The van der Waals surface area contributed by atoms with Gasteiger partial charge in [-0.2, -0.15) is 0 Å². The molecule has 0 bridgehead atoms. The number of hydrogen-bond acceptors (Lipinski definition) is 5. The molecule has 0 saturated carbocycles. The maximum atomic E-state index is 11.0. The lowest BCUT2D eigenvalue weighted by molar-refractivity contribution is -0.392. The van der Waals surface area contributed by atoms with E-state index < -0.39 is 4.92 Å². The number of hydrogen-bond donors (Lipinski definition) is 0. The number of aromatic nitrogens is 2. The highest BCUT2D eigenvalue weighted by Gasteiger charge is 2.18. The summed E-state index contributed by atoms with van der Waals surface area (Å²) in [6.07, 6.45) is 3.13. The minimum atomic E-state index is -0.451. The number of benzene rings is 1. The van der Waals surface area contributed by atoms with Gasteiger partial charge in [0.25, 0.3) is 0 Å². The molecule has 1 aliphatic rings. The van der Waals surface area contributed by atoms with Gasteiger partial charge in [-0.3, -0.25) is 0 Å². The molecule has 7 nitrogen and oxygen atoms in total. The molecule has 0 unspecified atom stereocenters. The Morgan fingerprint density at radius 1 is 1.42 bits per heavy atom. The third-order valence-electron chi connectivity index (χ3n) is 3.80. The highest BCUT2D eigenvalue weighted by Crippen LogP contribution is 2.35. The molecule has 0 radical (unpaired) electrons. The molecule has 0 atom stereocenters. The number of fused-ring (bicyclic) bond motifs is 1. The van der Waals surface area contributed by atoms with Crippen molar-refractivity contribution in [2.75, 3.05) is 6.61 Å². The Labute approximate surface area is 139 Å². The van der Waals surface area contributed by atoms with E-state index in [1.54, 1.807) is 13.0 Å². The minimum Gasteiger partial charge on any atom is -0.489 e. The Morgan fingerprint density at radius 3 is 2.96 bits per heavy atom. The summed E-state index contributed by atoms with van der Waals surface area (Å²) in [6.45, 7) is 8.15.